The molecule has 19 heavy (non-hydrogen) atoms. The minimum atomic E-state index is -0.971. The number of carbonyl (C=O) groups is 2. The molecule has 2 amide bonds. The van der Waals surface area contributed by atoms with Crippen molar-refractivity contribution in [1.82, 2.24) is 19.8 Å². The predicted octanol–water partition coefficient (Wildman–Crippen LogP) is 0.437. The second kappa shape index (κ2) is 4.56. The molecular weight excluding hydrogens is 248 g/mol. The van der Waals surface area contributed by atoms with Gasteiger partial charge in [-0.15, -0.1) is 0 Å². The molecule has 2 aliphatic rings. The number of rotatable bonds is 1. The molecule has 102 valence electrons. The van der Waals surface area contributed by atoms with Crippen LogP contribution in [0.2, 0.25) is 0 Å². The number of hydrogen-bond acceptors (Lipinski definition) is 3. The number of carboxylic acid groups (broad SMARTS) is 1. The molecule has 3 rings (SSSR count). The van der Waals surface area contributed by atoms with E-state index >= 15 is 0 Å². The maximum absolute atomic E-state index is 12.4. The maximum atomic E-state index is 12.4. The van der Waals surface area contributed by atoms with Crippen LogP contribution in [0.4, 0.5) is 4.79 Å². The number of nitrogens with zero attached hydrogens (tertiary/aromatic N) is 3. The molecule has 7 nitrogen and oxygen atoms in total. The van der Waals surface area contributed by atoms with Gasteiger partial charge < -0.3 is 19.9 Å². The van der Waals surface area contributed by atoms with E-state index in [0.717, 1.165) is 37.3 Å². The van der Waals surface area contributed by atoms with Crippen molar-refractivity contribution in [2.75, 3.05) is 13.1 Å². The molecule has 3 heterocycles. The monoisotopic (exact) mass is 264 g/mol. The summed E-state index contributed by atoms with van der Waals surface area (Å²) in [6, 6.07) is -0.992. The Morgan fingerprint density at radius 2 is 2.11 bits per heavy atom. The zero-order valence-corrected chi connectivity index (χ0v) is 10.5. The van der Waals surface area contributed by atoms with E-state index in [0.29, 0.717) is 6.54 Å². The molecule has 7 heteroatoms. The van der Waals surface area contributed by atoms with Crippen molar-refractivity contribution in [2.24, 2.45) is 0 Å². The van der Waals surface area contributed by atoms with Crippen molar-refractivity contribution < 1.29 is 14.7 Å². The van der Waals surface area contributed by atoms with Gasteiger partial charge >= 0.3 is 12.0 Å². The van der Waals surface area contributed by atoms with Gasteiger partial charge in [0.2, 0.25) is 0 Å². The molecule has 1 unspecified atom stereocenters. The van der Waals surface area contributed by atoms with E-state index < -0.39 is 12.0 Å². The Labute approximate surface area is 110 Å². The van der Waals surface area contributed by atoms with Crippen molar-refractivity contribution in [3.8, 4) is 0 Å². The molecule has 0 aromatic carbocycles. The molecule has 0 spiro atoms. The molecular formula is C12H16N4O3. The third-order valence-electron chi connectivity index (χ3n) is 3.81. The first-order valence-electron chi connectivity index (χ1n) is 6.46. The van der Waals surface area contributed by atoms with Crippen LogP contribution in [0.25, 0.3) is 0 Å². The van der Waals surface area contributed by atoms with Gasteiger partial charge in [-0.1, -0.05) is 0 Å². The largest absolute Gasteiger partial charge is 0.480 e. The lowest BCUT2D eigenvalue weighted by atomic mass is 10.0. The average Bonchev–Trinajstić information content (AvgIpc) is 3.06. The van der Waals surface area contributed by atoms with Gasteiger partial charge in [0.1, 0.15) is 6.04 Å². The van der Waals surface area contributed by atoms with Crippen molar-refractivity contribution in [3.05, 3.63) is 17.7 Å². The van der Waals surface area contributed by atoms with Crippen LogP contribution < -0.4 is 0 Å². The van der Waals surface area contributed by atoms with Crippen molar-refractivity contribution >= 4 is 12.0 Å². The van der Waals surface area contributed by atoms with Gasteiger partial charge in [0.15, 0.2) is 0 Å². The summed E-state index contributed by atoms with van der Waals surface area (Å²) < 4.78 is 0. The summed E-state index contributed by atoms with van der Waals surface area (Å²) in [7, 11) is 0. The van der Waals surface area contributed by atoms with Crippen LogP contribution >= 0.6 is 0 Å². The summed E-state index contributed by atoms with van der Waals surface area (Å²) in [5.74, 6) is -0.971. The highest BCUT2D eigenvalue weighted by Crippen LogP contribution is 2.23. The number of carbonyl (C=O) groups excluding carboxylic acids is 1. The number of amides is 2. The number of imidazole rings is 1. The van der Waals surface area contributed by atoms with Crippen LogP contribution in [0.3, 0.4) is 0 Å². The number of nitrogens with one attached hydrogen (secondary N) is 1. The third-order valence-corrected chi connectivity index (χ3v) is 3.81. The molecule has 0 aliphatic carbocycles. The number of urea groups is 1. The normalized spacial score (nSPS) is 22.4. The van der Waals surface area contributed by atoms with Gasteiger partial charge in [0, 0.05) is 19.5 Å². The van der Waals surface area contributed by atoms with Gasteiger partial charge in [-0.25, -0.2) is 14.6 Å². The molecule has 0 bridgehead atoms. The number of aromatic amines is 1. The van der Waals surface area contributed by atoms with Crippen LogP contribution in [-0.4, -0.2) is 56.0 Å². The number of aromatic nitrogens is 2. The molecule has 1 aromatic rings. The van der Waals surface area contributed by atoms with Gasteiger partial charge in [-0.05, 0) is 12.8 Å². The summed E-state index contributed by atoms with van der Waals surface area (Å²) >= 11 is 0. The number of hydrogen-bond donors (Lipinski definition) is 2. The van der Waals surface area contributed by atoms with Crippen molar-refractivity contribution in [3.63, 3.8) is 0 Å². The van der Waals surface area contributed by atoms with E-state index in [9.17, 15) is 14.7 Å². The number of carboxylic acids is 1. The van der Waals surface area contributed by atoms with E-state index in [2.05, 4.69) is 9.97 Å². The number of likely N-dealkylation sites (tertiary alicyclic amines) is 1. The standard InChI is InChI=1S/C12H16N4O3/c17-11(18)10-5-8-9(14-7-13-8)6-16(10)12(19)15-3-1-2-4-15/h7,10H,1-6H2,(H,13,14)(H,17,18). The second-order valence-electron chi connectivity index (χ2n) is 4.99. The number of fused-ring (bicyclic) bond motifs is 1. The van der Waals surface area contributed by atoms with Gasteiger partial charge in [0.25, 0.3) is 0 Å². The highest BCUT2D eigenvalue weighted by molar-refractivity contribution is 5.83. The quantitative estimate of drug-likeness (QED) is 0.770. The lowest BCUT2D eigenvalue weighted by molar-refractivity contribution is -0.142. The highest BCUT2D eigenvalue weighted by Gasteiger charge is 2.38. The van der Waals surface area contributed by atoms with Gasteiger partial charge in [0.05, 0.1) is 24.3 Å². The topological polar surface area (TPSA) is 89.5 Å². The first-order valence-corrected chi connectivity index (χ1v) is 6.46. The van der Waals surface area contributed by atoms with Crippen LogP contribution in [0, 0.1) is 0 Å². The van der Waals surface area contributed by atoms with E-state index in [1.54, 1.807) is 11.2 Å². The Bertz CT molecular complexity index is 507. The van der Waals surface area contributed by atoms with Crippen LogP contribution in [0.5, 0.6) is 0 Å². The summed E-state index contributed by atoms with van der Waals surface area (Å²) in [4.78, 5) is 34.0. The summed E-state index contributed by atoms with van der Waals surface area (Å²) in [6.07, 6.45) is 3.81. The van der Waals surface area contributed by atoms with E-state index in [-0.39, 0.29) is 12.5 Å². The average molecular weight is 264 g/mol. The molecule has 2 N–H and O–H groups in total. The van der Waals surface area contributed by atoms with Crippen LogP contribution in [0.15, 0.2) is 6.33 Å². The molecule has 1 aromatic heterocycles. The Balaban J connectivity index is 1.85. The Morgan fingerprint density at radius 3 is 2.79 bits per heavy atom. The summed E-state index contributed by atoms with van der Waals surface area (Å²) in [6.45, 7) is 1.73. The second-order valence-corrected chi connectivity index (χ2v) is 4.99. The summed E-state index contributed by atoms with van der Waals surface area (Å²) in [5.41, 5.74) is 1.59. The molecule has 0 radical (unpaired) electrons. The Hall–Kier alpha value is -2.05. The molecule has 1 fully saturated rings. The Morgan fingerprint density at radius 1 is 1.37 bits per heavy atom. The number of H-pyrrole nitrogens is 1. The van der Waals surface area contributed by atoms with Gasteiger partial charge in [-0.2, -0.15) is 0 Å². The van der Waals surface area contributed by atoms with E-state index in [1.807, 2.05) is 0 Å². The fraction of sp³-hybridized carbons (Fsp3) is 0.583. The first-order chi connectivity index (χ1) is 9.16. The lowest BCUT2D eigenvalue weighted by Crippen LogP contribution is -2.52. The van der Waals surface area contributed by atoms with Crippen LogP contribution in [-0.2, 0) is 17.8 Å². The first kappa shape index (κ1) is 12.0. The molecule has 1 saturated heterocycles. The van der Waals surface area contributed by atoms with Crippen LogP contribution in [0.1, 0.15) is 24.2 Å². The number of aliphatic carboxylic acids is 1. The lowest BCUT2D eigenvalue weighted by Gasteiger charge is -2.35. The van der Waals surface area contributed by atoms with Crippen molar-refractivity contribution in [1.29, 1.82) is 0 Å². The predicted molar refractivity (Wildman–Crippen MR) is 65.5 cm³/mol. The maximum Gasteiger partial charge on any atom is 0.326 e. The highest BCUT2D eigenvalue weighted by atomic mass is 16.4. The minimum absolute atomic E-state index is 0.176. The molecule has 0 saturated carbocycles. The Kier molecular flexibility index (Phi) is 2.88. The zero-order valence-electron chi connectivity index (χ0n) is 10.5. The molecule has 1 atom stereocenters. The summed E-state index contributed by atoms with van der Waals surface area (Å²) in [5, 5.41) is 9.31. The van der Waals surface area contributed by atoms with Crippen molar-refractivity contribution in [2.45, 2.75) is 31.8 Å². The van der Waals surface area contributed by atoms with E-state index in [1.165, 1.54) is 4.90 Å². The molecule has 2 aliphatic heterocycles. The van der Waals surface area contributed by atoms with E-state index in [4.69, 9.17) is 0 Å². The zero-order chi connectivity index (χ0) is 13.4. The minimum Gasteiger partial charge on any atom is -0.480 e. The fourth-order valence-electron chi connectivity index (χ4n) is 2.75. The SMILES string of the molecule is O=C(O)C1Cc2nc[nH]c2CN1C(=O)N1CCCC1. The smallest absolute Gasteiger partial charge is 0.326 e. The van der Waals surface area contributed by atoms with Gasteiger partial charge in [-0.3, -0.25) is 0 Å². The third kappa shape index (κ3) is 2.05. The fourth-order valence-corrected chi connectivity index (χ4v) is 2.75.